The van der Waals surface area contributed by atoms with E-state index in [4.69, 9.17) is 0 Å². The molecule has 0 saturated carbocycles. The van der Waals surface area contributed by atoms with E-state index < -0.39 is 0 Å². The molecule has 0 radical (unpaired) electrons. The molecule has 0 bridgehead atoms. The third-order valence-electron chi connectivity index (χ3n) is 2.84. The molecule has 0 aliphatic carbocycles. The first-order valence-corrected chi connectivity index (χ1v) is 5.63. The van der Waals surface area contributed by atoms with E-state index in [1.165, 1.54) is 0 Å². The highest BCUT2D eigenvalue weighted by molar-refractivity contribution is 5.08. The van der Waals surface area contributed by atoms with Crippen LogP contribution in [0.5, 0.6) is 0 Å². The van der Waals surface area contributed by atoms with Gasteiger partial charge in [0.1, 0.15) is 0 Å². The molecule has 0 fully saturated rings. The van der Waals surface area contributed by atoms with Gasteiger partial charge in [-0.25, -0.2) is 0 Å². The average molecular weight is 231 g/mol. The van der Waals surface area contributed by atoms with Crippen LogP contribution in [-0.4, -0.2) is 31.9 Å². The molecule has 5 nitrogen and oxygen atoms in total. The Morgan fingerprint density at radius 2 is 2.24 bits per heavy atom. The molecule has 5 heteroatoms. The van der Waals surface area contributed by atoms with Crippen molar-refractivity contribution in [2.24, 2.45) is 7.05 Å². The number of aromatic nitrogens is 4. The van der Waals surface area contributed by atoms with Crippen molar-refractivity contribution in [1.82, 2.24) is 24.9 Å². The largest absolute Gasteiger partial charge is 0.292 e. The maximum Gasteiger partial charge on any atom is 0.0967 e. The van der Waals surface area contributed by atoms with Gasteiger partial charge >= 0.3 is 0 Å². The number of nitrogens with zero attached hydrogens (tertiary/aromatic N) is 5. The molecule has 0 unspecified atom stereocenters. The van der Waals surface area contributed by atoms with Crippen LogP contribution in [0, 0.1) is 0 Å². The lowest BCUT2D eigenvalue weighted by atomic mass is 10.2. The minimum Gasteiger partial charge on any atom is -0.292 e. The predicted molar refractivity (Wildman–Crippen MR) is 65.1 cm³/mol. The lowest BCUT2D eigenvalue weighted by Crippen LogP contribution is -2.22. The van der Waals surface area contributed by atoms with Crippen molar-refractivity contribution in [3.63, 3.8) is 0 Å². The Balaban J connectivity index is 2.03. The second kappa shape index (κ2) is 5.05. The molecule has 0 aromatic carbocycles. The first-order chi connectivity index (χ1) is 8.16. The molecule has 2 rings (SSSR count). The first-order valence-electron chi connectivity index (χ1n) is 5.63. The summed E-state index contributed by atoms with van der Waals surface area (Å²) in [6.45, 7) is 2.91. The van der Waals surface area contributed by atoms with E-state index in [1.54, 1.807) is 4.68 Å². The van der Waals surface area contributed by atoms with Crippen molar-refractivity contribution in [3.05, 3.63) is 42.0 Å². The number of pyridine rings is 1. The maximum absolute atomic E-state index is 4.36. The molecule has 0 N–H and O–H groups in total. The van der Waals surface area contributed by atoms with E-state index in [9.17, 15) is 0 Å². The zero-order chi connectivity index (χ0) is 12.3. The van der Waals surface area contributed by atoms with Crippen LogP contribution in [-0.2, 0) is 13.6 Å². The van der Waals surface area contributed by atoms with Crippen molar-refractivity contribution in [2.45, 2.75) is 19.5 Å². The zero-order valence-electron chi connectivity index (χ0n) is 10.4. The summed E-state index contributed by atoms with van der Waals surface area (Å²) in [4.78, 5) is 6.56. The van der Waals surface area contributed by atoms with Gasteiger partial charge in [-0.05, 0) is 26.1 Å². The number of aryl methyl sites for hydroxylation is 1. The topological polar surface area (TPSA) is 46.8 Å². The molecular formula is C12H17N5. The van der Waals surface area contributed by atoms with Crippen LogP contribution in [0.3, 0.4) is 0 Å². The van der Waals surface area contributed by atoms with Crippen LogP contribution >= 0.6 is 0 Å². The summed E-state index contributed by atoms with van der Waals surface area (Å²) < 4.78 is 1.72. The summed E-state index contributed by atoms with van der Waals surface area (Å²) >= 11 is 0. The van der Waals surface area contributed by atoms with Crippen molar-refractivity contribution < 1.29 is 0 Å². The summed E-state index contributed by atoms with van der Waals surface area (Å²) in [5, 5.41) is 8.01. The molecule has 90 valence electrons. The second-order valence-electron chi connectivity index (χ2n) is 4.23. The van der Waals surface area contributed by atoms with Crippen LogP contribution < -0.4 is 0 Å². The van der Waals surface area contributed by atoms with Crippen LogP contribution in [0.1, 0.15) is 24.4 Å². The van der Waals surface area contributed by atoms with Gasteiger partial charge in [0.25, 0.3) is 0 Å². The molecule has 0 aliphatic rings. The maximum atomic E-state index is 4.36. The predicted octanol–water partition coefficient (Wildman–Crippen LogP) is 1.40. The average Bonchev–Trinajstić information content (AvgIpc) is 2.75. The van der Waals surface area contributed by atoms with Crippen LogP contribution in [0.2, 0.25) is 0 Å². The monoisotopic (exact) mass is 231 g/mol. The lowest BCUT2D eigenvalue weighted by Gasteiger charge is -2.22. The fraction of sp³-hybridized carbons (Fsp3) is 0.417. The minimum absolute atomic E-state index is 0.262. The number of hydrogen-bond donors (Lipinski definition) is 0. The quantitative estimate of drug-likeness (QED) is 0.798. The fourth-order valence-electron chi connectivity index (χ4n) is 1.71. The Bertz CT molecular complexity index is 465. The Morgan fingerprint density at radius 1 is 1.41 bits per heavy atom. The van der Waals surface area contributed by atoms with Crippen molar-refractivity contribution in [1.29, 1.82) is 0 Å². The third-order valence-corrected chi connectivity index (χ3v) is 2.84. The number of rotatable bonds is 4. The third kappa shape index (κ3) is 2.88. The fourth-order valence-corrected chi connectivity index (χ4v) is 1.71. The minimum atomic E-state index is 0.262. The first kappa shape index (κ1) is 11.7. The molecular weight excluding hydrogens is 214 g/mol. The molecule has 2 aromatic heterocycles. The van der Waals surface area contributed by atoms with Gasteiger partial charge in [-0.3, -0.25) is 14.6 Å². The molecule has 17 heavy (non-hydrogen) atoms. The van der Waals surface area contributed by atoms with Crippen LogP contribution in [0.25, 0.3) is 0 Å². The SMILES string of the molecule is C[C@@H](c1ccccn1)N(C)Cc1cn(C)nn1. The highest BCUT2D eigenvalue weighted by Crippen LogP contribution is 2.17. The summed E-state index contributed by atoms with van der Waals surface area (Å²) in [5.74, 6) is 0. The van der Waals surface area contributed by atoms with Crippen molar-refractivity contribution >= 4 is 0 Å². The Hall–Kier alpha value is -1.75. The molecule has 0 aliphatic heterocycles. The van der Waals surface area contributed by atoms with Crippen molar-refractivity contribution in [2.75, 3.05) is 7.05 Å². The van der Waals surface area contributed by atoms with Crippen LogP contribution in [0.4, 0.5) is 0 Å². The lowest BCUT2D eigenvalue weighted by molar-refractivity contribution is 0.245. The van der Waals surface area contributed by atoms with E-state index in [2.05, 4.69) is 34.2 Å². The summed E-state index contributed by atoms with van der Waals surface area (Å²) in [6.07, 6.45) is 3.75. The normalized spacial score (nSPS) is 12.9. The van der Waals surface area contributed by atoms with E-state index >= 15 is 0 Å². The van der Waals surface area contributed by atoms with E-state index in [0.717, 1.165) is 17.9 Å². The van der Waals surface area contributed by atoms with Gasteiger partial charge in [-0.15, -0.1) is 5.10 Å². The Labute approximate surface area is 101 Å². The molecule has 0 saturated heterocycles. The molecule has 1 atom stereocenters. The molecule has 2 aromatic rings. The number of hydrogen-bond acceptors (Lipinski definition) is 4. The zero-order valence-corrected chi connectivity index (χ0v) is 10.4. The summed E-state index contributed by atoms with van der Waals surface area (Å²) in [7, 11) is 3.94. The standard InChI is InChI=1S/C12H17N5/c1-10(12-6-4-5-7-13-12)16(2)8-11-9-17(3)15-14-11/h4-7,9-10H,8H2,1-3H3/t10-/m0/s1. The summed E-state index contributed by atoms with van der Waals surface area (Å²) in [5.41, 5.74) is 2.04. The molecule has 2 heterocycles. The molecule has 0 spiro atoms. The van der Waals surface area contributed by atoms with Gasteiger partial charge in [0.05, 0.1) is 11.4 Å². The van der Waals surface area contributed by atoms with Gasteiger partial charge in [0, 0.05) is 32.0 Å². The summed E-state index contributed by atoms with van der Waals surface area (Å²) in [6, 6.07) is 6.24. The highest BCUT2D eigenvalue weighted by Gasteiger charge is 2.13. The van der Waals surface area contributed by atoms with Crippen LogP contribution in [0.15, 0.2) is 30.6 Å². The van der Waals surface area contributed by atoms with Crippen molar-refractivity contribution in [3.8, 4) is 0 Å². The van der Waals surface area contributed by atoms with Gasteiger partial charge in [0.15, 0.2) is 0 Å². The Kier molecular flexibility index (Phi) is 3.49. The van der Waals surface area contributed by atoms with Gasteiger partial charge in [-0.1, -0.05) is 11.3 Å². The smallest absolute Gasteiger partial charge is 0.0967 e. The van der Waals surface area contributed by atoms with Gasteiger partial charge in [0.2, 0.25) is 0 Å². The second-order valence-corrected chi connectivity index (χ2v) is 4.23. The van der Waals surface area contributed by atoms with E-state index in [-0.39, 0.29) is 6.04 Å². The molecule has 0 amide bonds. The van der Waals surface area contributed by atoms with Gasteiger partial charge < -0.3 is 0 Å². The highest BCUT2D eigenvalue weighted by atomic mass is 15.4. The van der Waals surface area contributed by atoms with E-state index in [0.29, 0.717) is 0 Å². The Morgan fingerprint density at radius 3 is 2.82 bits per heavy atom. The van der Waals surface area contributed by atoms with Gasteiger partial charge in [-0.2, -0.15) is 0 Å². The van der Waals surface area contributed by atoms with E-state index in [1.807, 2.05) is 37.6 Å².